The Labute approximate surface area is 155 Å². The molecule has 0 radical (unpaired) electrons. The van der Waals surface area contributed by atoms with Crippen molar-refractivity contribution in [3.63, 3.8) is 0 Å². The number of piperidine rings is 1. The lowest BCUT2D eigenvalue weighted by molar-refractivity contribution is 0.300. The third-order valence-electron chi connectivity index (χ3n) is 5.58. The summed E-state index contributed by atoms with van der Waals surface area (Å²) in [5.41, 5.74) is 1.95. The van der Waals surface area contributed by atoms with E-state index < -0.39 is 0 Å². The lowest BCUT2D eigenvalue weighted by Gasteiger charge is -2.22. The van der Waals surface area contributed by atoms with E-state index in [1.807, 2.05) is 18.2 Å². The minimum atomic E-state index is -0.218. The molecular weight excluding hydrogens is 327 g/mol. The molecule has 0 aromatic heterocycles. The lowest BCUT2D eigenvalue weighted by Crippen LogP contribution is -2.34. The Hall–Kier alpha value is -1.91. The molecule has 2 atom stereocenters. The van der Waals surface area contributed by atoms with Gasteiger partial charge in [-0.3, -0.25) is 0 Å². The summed E-state index contributed by atoms with van der Waals surface area (Å²) < 4.78 is 19.4. The molecule has 2 aromatic carbocycles. The quantitative estimate of drug-likeness (QED) is 0.792. The van der Waals surface area contributed by atoms with E-state index in [-0.39, 0.29) is 12.4 Å². The molecule has 1 aliphatic carbocycles. The fourth-order valence-corrected chi connectivity index (χ4v) is 3.78. The van der Waals surface area contributed by atoms with Crippen LogP contribution in [0.3, 0.4) is 0 Å². The Balaban J connectivity index is 1.24. The standard InChI is InChI=1S/C22H27FN2O/c23-21-4-2-1-3-18(21)15-26-19-7-5-17(6-8-19)20-13-22(20)25-14-16-9-11-24-12-10-16/h1-8,16,20,22,24-25H,9-15H2. The Morgan fingerprint density at radius 3 is 2.58 bits per heavy atom. The summed E-state index contributed by atoms with van der Waals surface area (Å²) in [4.78, 5) is 0. The molecular formula is C22H27FN2O. The second-order valence-electron chi connectivity index (χ2n) is 7.50. The number of hydrogen-bond acceptors (Lipinski definition) is 3. The van der Waals surface area contributed by atoms with Crippen LogP contribution < -0.4 is 15.4 Å². The first-order chi connectivity index (χ1) is 12.8. The second kappa shape index (κ2) is 8.19. The largest absolute Gasteiger partial charge is 0.489 e. The van der Waals surface area contributed by atoms with Crippen molar-refractivity contribution < 1.29 is 9.13 Å². The van der Waals surface area contributed by atoms with Crippen molar-refractivity contribution in [3.05, 3.63) is 65.5 Å². The van der Waals surface area contributed by atoms with Crippen LogP contribution in [-0.4, -0.2) is 25.7 Å². The van der Waals surface area contributed by atoms with Crippen LogP contribution in [0.15, 0.2) is 48.5 Å². The van der Waals surface area contributed by atoms with E-state index in [9.17, 15) is 4.39 Å². The van der Waals surface area contributed by atoms with Gasteiger partial charge < -0.3 is 15.4 Å². The van der Waals surface area contributed by atoms with Gasteiger partial charge in [0.1, 0.15) is 18.2 Å². The Kier molecular flexibility index (Phi) is 5.51. The predicted molar refractivity (Wildman–Crippen MR) is 102 cm³/mol. The zero-order valence-electron chi connectivity index (χ0n) is 15.1. The molecule has 1 saturated carbocycles. The Morgan fingerprint density at radius 1 is 1.04 bits per heavy atom. The van der Waals surface area contributed by atoms with Crippen LogP contribution >= 0.6 is 0 Å². The molecule has 1 heterocycles. The highest BCUT2D eigenvalue weighted by Crippen LogP contribution is 2.41. The van der Waals surface area contributed by atoms with Crippen molar-refractivity contribution in [1.29, 1.82) is 0 Å². The fourth-order valence-electron chi connectivity index (χ4n) is 3.78. The predicted octanol–water partition coefficient (Wildman–Crippen LogP) is 3.85. The second-order valence-corrected chi connectivity index (χ2v) is 7.50. The molecule has 0 bridgehead atoms. The molecule has 4 rings (SSSR count). The molecule has 138 valence electrons. The number of rotatable bonds is 7. The van der Waals surface area contributed by atoms with Gasteiger partial charge >= 0.3 is 0 Å². The summed E-state index contributed by atoms with van der Waals surface area (Å²) in [5.74, 6) is 2.02. The van der Waals surface area contributed by atoms with Gasteiger partial charge in [-0.1, -0.05) is 30.3 Å². The maximum atomic E-state index is 13.6. The van der Waals surface area contributed by atoms with Crippen molar-refractivity contribution in [2.75, 3.05) is 19.6 Å². The van der Waals surface area contributed by atoms with Crippen LogP contribution in [-0.2, 0) is 6.61 Å². The van der Waals surface area contributed by atoms with Crippen molar-refractivity contribution in [1.82, 2.24) is 10.6 Å². The van der Waals surface area contributed by atoms with Crippen LogP contribution in [0, 0.1) is 11.7 Å². The van der Waals surface area contributed by atoms with E-state index in [1.165, 1.54) is 30.9 Å². The first-order valence-electron chi connectivity index (χ1n) is 9.70. The molecule has 0 spiro atoms. The van der Waals surface area contributed by atoms with E-state index in [4.69, 9.17) is 4.74 Å². The van der Waals surface area contributed by atoms with Gasteiger partial charge in [0.15, 0.2) is 0 Å². The number of benzene rings is 2. The first kappa shape index (κ1) is 17.5. The maximum Gasteiger partial charge on any atom is 0.129 e. The van der Waals surface area contributed by atoms with E-state index in [0.717, 1.165) is 31.3 Å². The molecule has 4 heteroatoms. The highest BCUT2D eigenvalue weighted by atomic mass is 19.1. The minimum Gasteiger partial charge on any atom is -0.489 e. The van der Waals surface area contributed by atoms with Gasteiger partial charge in [0.05, 0.1) is 0 Å². The molecule has 1 aliphatic heterocycles. The smallest absolute Gasteiger partial charge is 0.129 e. The monoisotopic (exact) mass is 354 g/mol. The summed E-state index contributed by atoms with van der Waals surface area (Å²) in [7, 11) is 0. The SMILES string of the molecule is Fc1ccccc1COc1ccc(C2CC2NCC2CCNCC2)cc1. The molecule has 2 aliphatic rings. The van der Waals surface area contributed by atoms with Gasteiger partial charge in [0, 0.05) is 17.5 Å². The van der Waals surface area contributed by atoms with Gasteiger partial charge in [-0.15, -0.1) is 0 Å². The van der Waals surface area contributed by atoms with Gasteiger partial charge in [-0.2, -0.15) is 0 Å². The van der Waals surface area contributed by atoms with E-state index in [0.29, 0.717) is 17.5 Å². The normalized spacial score (nSPS) is 23.0. The third-order valence-corrected chi connectivity index (χ3v) is 5.58. The van der Waals surface area contributed by atoms with Crippen LogP contribution in [0.25, 0.3) is 0 Å². The van der Waals surface area contributed by atoms with Crippen molar-refractivity contribution in [3.8, 4) is 5.75 Å². The zero-order valence-corrected chi connectivity index (χ0v) is 15.1. The number of halogens is 1. The number of nitrogens with one attached hydrogen (secondary N) is 2. The van der Waals surface area contributed by atoms with Gasteiger partial charge in [0.2, 0.25) is 0 Å². The summed E-state index contributed by atoms with van der Waals surface area (Å²) in [6, 6.07) is 15.7. The van der Waals surface area contributed by atoms with Crippen molar-refractivity contribution in [2.24, 2.45) is 5.92 Å². The Bertz CT molecular complexity index is 712. The first-order valence-corrected chi connectivity index (χ1v) is 9.70. The topological polar surface area (TPSA) is 33.3 Å². The number of hydrogen-bond donors (Lipinski definition) is 2. The summed E-state index contributed by atoms with van der Waals surface area (Å²) in [5, 5.41) is 7.16. The van der Waals surface area contributed by atoms with Crippen molar-refractivity contribution in [2.45, 2.75) is 37.8 Å². The average Bonchev–Trinajstić information content (AvgIpc) is 3.47. The maximum absolute atomic E-state index is 13.6. The fraction of sp³-hybridized carbons (Fsp3) is 0.455. The van der Waals surface area contributed by atoms with Crippen LogP contribution in [0.4, 0.5) is 4.39 Å². The highest BCUT2D eigenvalue weighted by molar-refractivity contribution is 5.34. The molecule has 2 N–H and O–H groups in total. The van der Waals surface area contributed by atoms with E-state index >= 15 is 0 Å². The summed E-state index contributed by atoms with van der Waals surface area (Å²) in [6.45, 7) is 3.73. The van der Waals surface area contributed by atoms with Gasteiger partial charge in [-0.05, 0) is 68.6 Å². The van der Waals surface area contributed by atoms with Gasteiger partial charge in [0.25, 0.3) is 0 Å². The Morgan fingerprint density at radius 2 is 1.81 bits per heavy atom. The van der Waals surface area contributed by atoms with Crippen LogP contribution in [0.2, 0.25) is 0 Å². The third kappa shape index (κ3) is 4.43. The molecule has 1 saturated heterocycles. The molecule has 3 nitrogen and oxygen atoms in total. The molecule has 2 unspecified atom stereocenters. The van der Waals surface area contributed by atoms with Crippen LogP contribution in [0.1, 0.15) is 36.3 Å². The molecule has 2 fully saturated rings. The van der Waals surface area contributed by atoms with E-state index in [1.54, 1.807) is 12.1 Å². The van der Waals surface area contributed by atoms with Crippen LogP contribution in [0.5, 0.6) is 5.75 Å². The lowest BCUT2D eigenvalue weighted by atomic mass is 9.98. The van der Waals surface area contributed by atoms with Gasteiger partial charge in [-0.25, -0.2) is 4.39 Å². The summed E-state index contributed by atoms with van der Waals surface area (Å²) in [6.07, 6.45) is 3.80. The summed E-state index contributed by atoms with van der Waals surface area (Å²) >= 11 is 0. The van der Waals surface area contributed by atoms with E-state index in [2.05, 4.69) is 22.8 Å². The molecule has 0 amide bonds. The number of ether oxygens (including phenoxy) is 1. The zero-order chi connectivity index (χ0) is 17.8. The minimum absolute atomic E-state index is 0.218. The average molecular weight is 354 g/mol. The molecule has 26 heavy (non-hydrogen) atoms. The van der Waals surface area contributed by atoms with Crippen molar-refractivity contribution >= 4 is 0 Å². The molecule has 2 aromatic rings. The highest BCUT2D eigenvalue weighted by Gasteiger charge is 2.38.